The summed E-state index contributed by atoms with van der Waals surface area (Å²) in [5.41, 5.74) is 2.99. The van der Waals surface area contributed by atoms with E-state index >= 15 is 0 Å². The lowest BCUT2D eigenvalue weighted by Crippen LogP contribution is -2.31. The van der Waals surface area contributed by atoms with E-state index in [1.807, 2.05) is 43.4 Å². The fourth-order valence-electron chi connectivity index (χ4n) is 3.07. The highest BCUT2D eigenvalue weighted by Gasteiger charge is 2.12. The van der Waals surface area contributed by atoms with E-state index in [2.05, 4.69) is 31.2 Å². The maximum atomic E-state index is 5.74. The standard InChI is InChI=1S/C20H23N5O2/c1-21-20(22-13-19-24-15-6-3-4-7-16(15)25(19)2)23-14-8-9-17-18(12-14)27-11-5-10-26-17/h3-4,6-9,12H,5,10-11,13H2,1-2H3,(H2,21,22,23). The molecule has 1 aromatic heterocycles. The Labute approximate surface area is 158 Å². The number of aryl methyl sites for hydroxylation is 1. The van der Waals surface area contributed by atoms with Gasteiger partial charge in [0.15, 0.2) is 17.5 Å². The van der Waals surface area contributed by atoms with Gasteiger partial charge in [-0.25, -0.2) is 4.98 Å². The third-order valence-electron chi connectivity index (χ3n) is 4.53. The van der Waals surface area contributed by atoms with E-state index in [1.165, 1.54) is 0 Å². The molecule has 0 unspecified atom stereocenters. The molecule has 0 saturated carbocycles. The molecule has 0 saturated heterocycles. The minimum atomic E-state index is 0.565. The Morgan fingerprint density at radius 2 is 1.96 bits per heavy atom. The topological polar surface area (TPSA) is 72.7 Å². The predicted molar refractivity (Wildman–Crippen MR) is 107 cm³/mol. The number of aliphatic imine (C=N–C) groups is 1. The molecule has 2 N–H and O–H groups in total. The zero-order chi connectivity index (χ0) is 18.6. The van der Waals surface area contributed by atoms with Crippen LogP contribution in [-0.2, 0) is 13.6 Å². The lowest BCUT2D eigenvalue weighted by Gasteiger charge is -2.14. The van der Waals surface area contributed by atoms with Crippen LogP contribution in [0.15, 0.2) is 47.5 Å². The van der Waals surface area contributed by atoms with Crippen molar-refractivity contribution in [2.75, 3.05) is 25.6 Å². The number of nitrogens with zero attached hydrogens (tertiary/aromatic N) is 3. The lowest BCUT2D eigenvalue weighted by molar-refractivity contribution is 0.297. The zero-order valence-corrected chi connectivity index (χ0v) is 15.5. The van der Waals surface area contributed by atoms with Crippen LogP contribution in [0.4, 0.5) is 5.69 Å². The highest BCUT2D eigenvalue weighted by Crippen LogP contribution is 2.32. The molecular formula is C20H23N5O2. The second-order valence-corrected chi connectivity index (χ2v) is 6.34. The van der Waals surface area contributed by atoms with Crippen molar-refractivity contribution in [2.45, 2.75) is 13.0 Å². The Hall–Kier alpha value is -3.22. The van der Waals surface area contributed by atoms with Gasteiger partial charge in [-0.05, 0) is 24.3 Å². The summed E-state index contributed by atoms with van der Waals surface area (Å²) in [5, 5.41) is 6.60. The summed E-state index contributed by atoms with van der Waals surface area (Å²) in [5.74, 6) is 3.14. The smallest absolute Gasteiger partial charge is 0.195 e. The quantitative estimate of drug-likeness (QED) is 0.552. The van der Waals surface area contributed by atoms with E-state index in [9.17, 15) is 0 Å². The van der Waals surface area contributed by atoms with Gasteiger partial charge >= 0.3 is 0 Å². The number of hydrogen-bond donors (Lipinski definition) is 2. The van der Waals surface area contributed by atoms with E-state index in [0.29, 0.717) is 25.7 Å². The molecule has 0 spiro atoms. The Kier molecular flexibility index (Phi) is 4.82. The molecule has 1 aliphatic rings. The van der Waals surface area contributed by atoms with Gasteiger partial charge < -0.3 is 24.7 Å². The summed E-state index contributed by atoms with van der Waals surface area (Å²) in [6, 6.07) is 13.9. The molecule has 2 heterocycles. The summed E-state index contributed by atoms with van der Waals surface area (Å²) < 4.78 is 13.5. The highest BCUT2D eigenvalue weighted by atomic mass is 16.5. The zero-order valence-electron chi connectivity index (χ0n) is 15.5. The third kappa shape index (κ3) is 3.67. The molecule has 7 heteroatoms. The number of guanidine groups is 1. The second kappa shape index (κ2) is 7.57. The van der Waals surface area contributed by atoms with Gasteiger partial charge in [0.2, 0.25) is 0 Å². The molecule has 2 aromatic carbocycles. The SMILES string of the molecule is CN=C(NCc1nc2ccccc2n1C)Nc1ccc2c(c1)OCCCO2. The number of fused-ring (bicyclic) bond motifs is 2. The number of rotatable bonds is 3. The Morgan fingerprint density at radius 3 is 2.78 bits per heavy atom. The molecule has 3 aromatic rings. The van der Waals surface area contributed by atoms with Crippen LogP contribution in [0, 0.1) is 0 Å². The third-order valence-corrected chi connectivity index (χ3v) is 4.53. The van der Waals surface area contributed by atoms with E-state index in [1.54, 1.807) is 7.05 Å². The first-order valence-corrected chi connectivity index (χ1v) is 9.02. The Morgan fingerprint density at radius 1 is 1.15 bits per heavy atom. The van der Waals surface area contributed by atoms with Crippen LogP contribution in [0.2, 0.25) is 0 Å². The monoisotopic (exact) mass is 365 g/mol. The number of nitrogens with one attached hydrogen (secondary N) is 2. The van der Waals surface area contributed by atoms with E-state index < -0.39 is 0 Å². The molecule has 0 atom stereocenters. The van der Waals surface area contributed by atoms with Crippen LogP contribution >= 0.6 is 0 Å². The first-order chi connectivity index (χ1) is 13.2. The van der Waals surface area contributed by atoms with Gasteiger partial charge in [-0.3, -0.25) is 4.99 Å². The number of para-hydroxylation sites is 2. The average Bonchev–Trinajstić information content (AvgIpc) is 2.86. The molecule has 0 bridgehead atoms. The molecule has 4 rings (SSSR count). The van der Waals surface area contributed by atoms with Gasteiger partial charge in [0.1, 0.15) is 5.82 Å². The maximum absolute atomic E-state index is 5.74. The number of benzene rings is 2. The normalized spacial score (nSPS) is 14.1. The molecule has 0 aliphatic carbocycles. The average molecular weight is 365 g/mol. The van der Waals surface area contributed by atoms with Crippen LogP contribution in [0.5, 0.6) is 11.5 Å². The maximum Gasteiger partial charge on any atom is 0.195 e. The summed E-state index contributed by atoms with van der Waals surface area (Å²) in [7, 11) is 3.76. The highest BCUT2D eigenvalue weighted by molar-refractivity contribution is 5.93. The molecule has 0 amide bonds. The Balaban J connectivity index is 1.45. The van der Waals surface area contributed by atoms with Crippen LogP contribution in [0.1, 0.15) is 12.2 Å². The minimum absolute atomic E-state index is 0.565. The molecule has 27 heavy (non-hydrogen) atoms. The second-order valence-electron chi connectivity index (χ2n) is 6.34. The Bertz CT molecular complexity index is 980. The van der Waals surface area contributed by atoms with Gasteiger partial charge in [0.05, 0.1) is 30.8 Å². The van der Waals surface area contributed by atoms with Crippen molar-refractivity contribution in [3.05, 3.63) is 48.3 Å². The van der Waals surface area contributed by atoms with Gasteiger partial charge in [0.25, 0.3) is 0 Å². The van der Waals surface area contributed by atoms with Crippen molar-refractivity contribution in [3.63, 3.8) is 0 Å². The lowest BCUT2D eigenvalue weighted by atomic mass is 10.3. The largest absolute Gasteiger partial charge is 0.490 e. The van der Waals surface area contributed by atoms with Crippen molar-refractivity contribution in [1.29, 1.82) is 0 Å². The number of ether oxygens (including phenoxy) is 2. The van der Waals surface area contributed by atoms with Crippen LogP contribution in [-0.4, -0.2) is 35.8 Å². The van der Waals surface area contributed by atoms with Crippen molar-refractivity contribution in [2.24, 2.45) is 12.0 Å². The van der Waals surface area contributed by atoms with Crippen molar-refractivity contribution in [1.82, 2.24) is 14.9 Å². The van der Waals surface area contributed by atoms with Crippen molar-refractivity contribution >= 4 is 22.7 Å². The summed E-state index contributed by atoms with van der Waals surface area (Å²) in [6.07, 6.45) is 0.888. The van der Waals surface area contributed by atoms with Gasteiger partial charge in [0, 0.05) is 32.3 Å². The van der Waals surface area contributed by atoms with E-state index in [0.717, 1.165) is 40.5 Å². The molecular weight excluding hydrogens is 342 g/mol. The van der Waals surface area contributed by atoms with Crippen LogP contribution in [0.3, 0.4) is 0 Å². The molecule has 7 nitrogen and oxygen atoms in total. The number of anilines is 1. The van der Waals surface area contributed by atoms with Crippen molar-refractivity contribution < 1.29 is 9.47 Å². The first-order valence-electron chi connectivity index (χ1n) is 9.02. The van der Waals surface area contributed by atoms with Crippen molar-refractivity contribution in [3.8, 4) is 11.5 Å². The van der Waals surface area contributed by atoms with Gasteiger partial charge in [-0.2, -0.15) is 0 Å². The summed E-state index contributed by atoms with van der Waals surface area (Å²) in [4.78, 5) is 8.97. The van der Waals surface area contributed by atoms with Gasteiger partial charge in [-0.1, -0.05) is 12.1 Å². The van der Waals surface area contributed by atoms with Crippen LogP contribution in [0.25, 0.3) is 11.0 Å². The molecule has 0 fully saturated rings. The number of imidazole rings is 1. The minimum Gasteiger partial charge on any atom is -0.490 e. The molecule has 140 valence electrons. The number of hydrogen-bond acceptors (Lipinski definition) is 4. The fraction of sp³-hybridized carbons (Fsp3) is 0.300. The molecule has 1 aliphatic heterocycles. The van der Waals surface area contributed by atoms with E-state index in [4.69, 9.17) is 9.47 Å². The molecule has 0 radical (unpaired) electrons. The first kappa shape index (κ1) is 17.2. The van der Waals surface area contributed by atoms with Gasteiger partial charge in [-0.15, -0.1) is 0 Å². The number of aromatic nitrogens is 2. The fourth-order valence-corrected chi connectivity index (χ4v) is 3.07. The summed E-state index contributed by atoms with van der Waals surface area (Å²) >= 11 is 0. The van der Waals surface area contributed by atoms with Crippen LogP contribution < -0.4 is 20.1 Å². The van der Waals surface area contributed by atoms with E-state index in [-0.39, 0.29) is 0 Å². The summed E-state index contributed by atoms with van der Waals surface area (Å²) in [6.45, 7) is 1.91. The predicted octanol–water partition coefficient (Wildman–Crippen LogP) is 2.92.